The number of carbonyl (C=O) groups excluding carboxylic acids is 2. The highest BCUT2D eigenvalue weighted by atomic mass is 16.7. The van der Waals surface area contributed by atoms with E-state index < -0.39 is 6.16 Å². The van der Waals surface area contributed by atoms with E-state index in [1.165, 1.54) is 116 Å². The Morgan fingerprint density at radius 2 is 1.02 bits per heavy atom. The van der Waals surface area contributed by atoms with Crippen molar-refractivity contribution in [3.63, 3.8) is 0 Å². The Morgan fingerprint density at radius 3 is 1.60 bits per heavy atom. The van der Waals surface area contributed by atoms with Crippen molar-refractivity contribution in [2.45, 2.75) is 214 Å². The molecule has 0 aliphatic carbocycles. The first-order valence-electron chi connectivity index (χ1n) is 21.0. The van der Waals surface area contributed by atoms with Crippen LogP contribution in [-0.4, -0.2) is 45.0 Å². The Labute approximate surface area is 299 Å². The summed E-state index contributed by atoms with van der Waals surface area (Å²) in [5.41, 5.74) is 0.0488. The number of hydrogen-bond donors (Lipinski definition) is 1. The van der Waals surface area contributed by atoms with Gasteiger partial charge in [-0.25, -0.2) is 4.79 Å². The summed E-state index contributed by atoms with van der Waals surface area (Å²) in [4.78, 5) is 24.3. The molecule has 0 unspecified atom stereocenters. The van der Waals surface area contributed by atoms with Gasteiger partial charge >= 0.3 is 12.1 Å². The van der Waals surface area contributed by atoms with Crippen LogP contribution >= 0.6 is 0 Å². The van der Waals surface area contributed by atoms with E-state index in [0.717, 1.165) is 70.9 Å². The first-order valence-corrected chi connectivity index (χ1v) is 21.0. The molecule has 0 amide bonds. The summed E-state index contributed by atoms with van der Waals surface area (Å²) >= 11 is 0. The second-order valence-corrected chi connectivity index (χ2v) is 15.4. The lowest BCUT2D eigenvalue weighted by molar-refractivity contribution is -0.147. The molecule has 0 saturated heterocycles. The van der Waals surface area contributed by atoms with Crippen LogP contribution in [0.4, 0.5) is 4.79 Å². The van der Waals surface area contributed by atoms with Crippen LogP contribution in [0.5, 0.6) is 0 Å². The van der Waals surface area contributed by atoms with Crippen molar-refractivity contribution in [3.8, 4) is 0 Å². The maximum absolute atomic E-state index is 12.2. The molecule has 0 atom stereocenters. The van der Waals surface area contributed by atoms with Gasteiger partial charge in [0.2, 0.25) is 0 Å². The summed E-state index contributed by atoms with van der Waals surface area (Å²) in [7, 11) is 0. The van der Waals surface area contributed by atoms with Crippen molar-refractivity contribution in [2.75, 3.05) is 32.9 Å². The number of ether oxygens (including phenoxy) is 3. The SMILES string of the molecule is CCCCCCCCCC(=O)OCC(C)(C)CCCCCNCCCCCCOC(=O)OCC(CCCCCCC)CCCCCCC. The predicted molar refractivity (Wildman–Crippen MR) is 205 cm³/mol. The zero-order valence-corrected chi connectivity index (χ0v) is 33.0. The standard InChI is InChI=1S/C42H83NO5/c1-6-9-12-15-16-19-25-32-40(44)48-38-42(4,5)33-26-22-28-35-43-34-27-20-21-29-36-46-41(45)47-37-39(30-23-17-13-10-7-2)31-24-18-14-11-8-3/h39,43H,6-38H2,1-5H3. The van der Waals surface area contributed by atoms with Gasteiger partial charge in [-0.3, -0.25) is 4.79 Å². The minimum Gasteiger partial charge on any atom is -0.465 e. The third-order valence-corrected chi connectivity index (χ3v) is 9.65. The van der Waals surface area contributed by atoms with Gasteiger partial charge in [-0.1, -0.05) is 163 Å². The van der Waals surface area contributed by atoms with Crippen molar-refractivity contribution in [3.05, 3.63) is 0 Å². The Kier molecular flexibility index (Phi) is 34.6. The second kappa shape index (κ2) is 35.5. The fraction of sp³-hybridized carbons (Fsp3) is 0.952. The zero-order valence-electron chi connectivity index (χ0n) is 33.0. The molecule has 0 spiro atoms. The molecule has 6 heteroatoms. The minimum absolute atomic E-state index is 0.0262. The van der Waals surface area contributed by atoms with Crippen LogP contribution in [-0.2, 0) is 19.0 Å². The largest absolute Gasteiger partial charge is 0.508 e. The molecule has 0 heterocycles. The van der Waals surface area contributed by atoms with E-state index in [2.05, 4.69) is 39.9 Å². The molecule has 0 bridgehead atoms. The number of carbonyl (C=O) groups is 2. The normalized spacial score (nSPS) is 11.7. The molecule has 48 heavy (non-hydrogen) atoms. The highest BCUT2D eigenvalue weighted by molar-refractivity contribution is 5.69. The molecule has 0 radical (unpaired) electrons. The van der Waals surface area contributed by atoms with E-state index in [0.29, 0.717) is 32.2 Å². The van der Waals surface area contributed by atoms with Crippen molar-refractivity contribution in [1.29, 1.82) is 0 Å². The number of rotatable bonds is 37. The fourth-order valence-electron chi connectivity index (χ4n) is 6.27. The van der Waals surface area contributed by atoms with Crippen LogP contribution in [0.15, 0.2) is 0 Å². The van der Waals surface area contributed by atoms with E-state index in [-0.39, 0.29) is 11.4 Å². The van der Waals surface area contributed by atoms with Crippen molar-refractivity contribution in [2.24, 2.45) is 11.3 Å². The maximum Gasteiger partial charge on any atom is 0.508 e. The van der Waals surface area contributed by atoms with Crippen molar-refractivity contribution < 1.29 is 23.8 Å². The van der Waals surface area contributed by atoms with Gasteiger partial charge < -0.3 is 19.5 Å². The zero-order chi connectivity index (χ0) is 35.4. The van der Waals surface area contributed by atoms with Crippen LogP contribution < -0.4 is 5.32 Å². The summed E-state index contributed by atoms with van der Waals surface area (Å²) < 4.78 is 16.5. The molecule has 0 aliphatic heterocycles. The molecule has 0 aliphatic rings. The lowest BCUT2D eigenvalue weighted by Crippen LogP contribution is -2.22. The Balaban J connectivity index is 3.72. The van der Waals surface area contributed by atoms with Crippen LogP contribution in [0, 0.1) is 11.3 Å². The molecule has 0 aromatic carbocycles. The average Bonchev–Trinajstić information content (AvgIpc) is 3.07. The van der Waals surface area contributed by atoms with E-state index in [4.69, 9.17) is 14.2 Å². The van der Waals surface area contributed by atoms with E-state index in [9.17, 15) is 9.59 Å². The molecule has 1 N–H and O–H groups in total. The van der Waals surface area contributed by atoms with Gasteiger partial charge in [-0.15, -0.1) is 0 Å². The molecule has 0 fully saturated rings. The summed E-state index contributed by atoms with van der Waals surface area (Å²) in [6, 6.07) is 0. The van der Waals surface area contributed by atoms with Crippen molar-refractivity contribution >= 4 is 12.1 Å². The quantitative estimate of drug-likeness (QED) is 0.0519. The summed E-state index contributed by atoms with van der Waals surface area (Å²) in [5.74, 6) is 0.447. The molecule has 0 aromatic rings. The third kappa shape index (κ3) is 34.6. The number of hydrogen-bond acceptors (Lipinski definition) is 6. The molecule has 0 saturated carbocycles. The van der Waals surface area contributed by atoms with Crippen LogP contribution in [0.3, 0.4) is 0 Å². The van der Waals surface area contributed by atoms with Gasteiger partial charge in [-0.2, -0.15) is 0 Å². The highest BCUT2D eigenvalue weighted by Gasteiger charge is 2.20. The fourth-order valence-corrected chi connectivity index (χ4v) is 6.27. The van der Waals surface area contributed by atoms with Gasteiger partial charge in [0.1, 0.15) is 0 Å². The molecule has 0 aromatic heterocycles. The van der Waals surface area contributed by atoms with E-state index >= 15 is 0 Å². The van der Waals surface area contributed by atoms with Crippen LogP contribution in [0.1, 0.15) is 214 Å². The summed E-state index contributed by atoms with van der Waals surface area (Å²) in [5, 5.41) is 3.57. The topological polar surface area (TPSA) is 73.9 Å². The van der Waals surface area contributed by atoms with Gasteiger partial charge in [0.05, 0.1) is 19.8 Å². The second-order valence-electron chi connectivity index (χ2n) is 15.4. The van der Waals surface area contributed by atoms with Gasteiger partial charge in [0.15, 0.2) is 0 Å². The summed E-state index contributed by atoms with van der Waals surface area (Å²) in [6.45, 7) is 14.8. The highest BCUT2D eigenvalue weighted by Crippen LogP contribution is 2.24. The third-order valence-electron chi connectivity index (χ3n) is 9.65. The van der Waals surface area contributed by atoms with Crippen molar-refractivity contribution in [1.82, 2.24) is 5.32 Å². The number of esters is 1. The minimum atomic E-state index is -0.484. The smallest absolute Gasteiger partial charge is 0.465 e. The maximum atomic E-state index is 12.2. The van der Waals surface area contributed by atoms with Crippen LogP contribution in [0.2, 0.25) is 0 Å². The average molecular weight is 682 g/mol. The molecule has 0 rings (SSSR count). The Hall–Kier alpha value is -1.30. The lowest BCUT2D eigenvalue weighted by Gasteiger charge is -2.24. The van der Waals surface area contributed by atoms with Gasteiger partial charge in [0, 0.05) is 6.42 Å². The molecule has 286 valence electrons. The van der Waals surface area contributed by atoms with E-state index in [1.54, 1.807) is 0 Å². The van der Waals surface area contributed by atoms with E-state index in [1.807, 2.05) is 0 Å². The Bertz CT molecular complexity index is 684. The number of nitrogens with one attached hydrogen (secondary N) is 1. The monoisotopic (exact) mass is 682 g/mol. The molecule has 6 nitrogen and oxygen atoms in total. The first-order chi connectivity index (χ1) is 23.3. The first kappa shape index (κ1) is 46.7. The number of unbranched alkanes of at least 4 members (excludes halogenated alkanes) is 19. The van der Waals surface area contributed by atoms with Crippen LogP contribution in [0.25, 0.3) is 0 Å². The summed E-state index contributed by atoms with van der Waals surface area (Å²) in [6.07, 6.45) is 32.8. The molecular formula is C42H83NO5. The Morgan fingerprint density at radius 1 is 0.542 bits per heavy atom. The van der Waals surface area contributed by atoms with Gasteiger partial charge in [0.25, 0.3) is 0 Å². The van der Waals surface area contributed by atoms with Gasteiger partial charge in [-0.05, 0) is 69.4 Å². The molecular weight excluding hydrogens is 598 g/mol. The lowest BCUT2D eigenvalue weighted by atomic mass is 9.88. The predicted octanol–water partition coefficient (Wildman–Crippen LogP) is 12.9.